The number of carbonyl (C=O) groups excluding carboxylic acids is 2. The van der Waals surface area contributed by atoms with Crippen molar-refractivity contribution in [1.29, 1.82) is 0 Å². The van der Waals surface area contributed by atoms with Crippen molar-refractivity contribution < 1.29 is 9.59 Å². The van der Waals surface area contributed by atoms with Gasteiger partial charge in [-0.05, 0) is 61.5 Å². The van der Waals surface area contributed by atoms with Crippen LogP contribution in [0.25, 0.3) is 10.6 Å². The molecule has 1 aliphatic rings. The first kappa shape index (κ1) is 23.3. The van der Waals surface area contributed by atoms with E-state index in [0.29, 0.717) is 28.6 Å². The summed E-state index contributed by atoms with van der Waals surface area (Å²) < 4.78 is 1.64. The molecule has 1 atom stereocenters. The largest absolute Gasteiger partial charge is 0.350 e. The van der Waals surface area contributed by atoms with Crippen molar-refractivity contribution in [3.8, 4) is 10.6 Å². The lowest BCUT2D eigenvalue weighted by Gasteiger charge is -2.43. The SMILES string of the molecule is Cc1cccc(CNC(=O)C2(C)Cn3nc(-c4cccs4)cc3C(=O)N2c2ccc(C)cc2Cl)c1. The number of benzene rings is 2. The van der Waals surface area contributed by atoms with Crippen molar-refractivity contribution in [2.45, 2.75) is 39.4 Å². The number of nitrogens with zero attached hydrogens (tertiary/aromatic N) is 3. The van der Waals surface area contributed by atoms with Gasteiger partial charge in [0.2, 0.25) is 5.91 Å². The van der Waals surface area contributed by atoms with E-state index in [1.807, 2.05) is 61.7 Å². The van der Waals surface area contributed by atoms with Gasteiger partial charge in [0.15, 0.2) is 0 Å². The lowest BCUT2D eigenvalue weighted by molar-refractivity contribution is -0.126. The van der Waals surface area contributed by atoms with Crippen molar-refractivity contribution in [3.05, 3.63) is 93.5 Å². The first-order valence-corrected chi connectivity index (χ1v) is 12.6. The molecule has 0 radical (unpaired) electrons. The maximum atomic E-state index is 13.9. The van der Waals surface area contributed by atoms with Gasteiger partial charge in [0, 0.05) is 6.54 Å². The summed E-state index contributed by atoms with van der Waals surface area (Å²) in [6.07, 6.45) is 0. The van der Waals surface area contributed by atoms with Gasteiger partial charge in [0.1, 0.15) is 16.9 Å². The molecule has 2 aromatic carbocycles. The summed E-state index contributed by atoms with van der Waals surface area (Å²) >= 11 is 8.17. The molecule has 178 valence electrons. The molecule has 5 rings (SSSR count). The average molecular weight is 505 g/mol. The number of hydrogen-bond donors (Lipinski definition) is 1. The van der Waals surface area contributed by atoms with Gasteiger partial charge in [-0.3, -0.25) is 19.2 Å². The highest BCUT2D eigenvalue weighted by molar-refractivity contribution is 7.13. The van der Waals surface area contributed by atoms with Gasteiger partial charge in [-0.2, -0.15) is 5.10 Å². The van der Waals surface area contributed by atoms with Crippen LogP contribution in [0, 0.1) is 13.8 Å². The van der Waals surface area contributed by atoms with E-state index >= 15 is 0 Å². The number of thiophene rings is 1. The highest BCUT2D eigenvalue weighted by atomic mass is 35.5. The molecule has 0 bridgehead atoms. The monoisotopic (exact) mass is 504 g/mol. The van der Waals surface area contributed by atoms with Gasteiger partial charge in [-0.1, -0.05) is 53.6 Å². The van der Waals surface area contributed by atoms with E-state index < -0.39 is 5.54 Å². The van der Waals surface area contributed by atoms with Crippen LogP contribution in [-0.2, 0) is 17.9 Å². The number of hydrogen-bond acceptors (Lipinski definition) is 4. The highest BCUT2D eigenvalue weighted by Crippen LogP contribution is 2.38. The number of amides is 2. The summed E-state index contributed by atoms with van der Waals surface area (Å²) in [6, 6.07) is 19.2. The zero-order valence-electron chi connectivity index (χ0n) is 19.7. The molecule has 1 N–H and O–H groups in total. The zero-order valence-corrected chi connectivity index (χ0v) is 21.3. The molecule has 35 heavy (non-hydrogen) atoms. The maximum absolute atomic E-state index is 13.9. The van der Waals surface area contributed by atoms with Crippen LogP contribution in [0.5, 0.6) is 0 Å². The molecule has 1 unspecified atom stereocenters. The smallest absolute Gasteiger partial charge is 0.277 e. The number of rotatable bonds is 5. The van der Waals surface area contributed by atoms with E-state index in [1.165, 1.54) is 4.90 Å². The van der Waals surface area contributed by atoms with Gasteiger partial charge in [0.05, 0.1) is 22.1 Å². The topological polar surface area (TPSA) is 67.2 Å². The summed E-state index contributed by atoms with van der Waals surface area (Å²) in [5.41, 5.74) is 3.47. The quantitative estimate of drug-likeness (QED) is 0.383. The van der Waals surface area contributed by atoms with Gasteiger partial charge in [-0.15, -0.1) is 11.3 Å². The number of nitrogens with one attached hydrogen (secondary N) is 1. The lowest BCUT2D eigenvalue weighted by Crippen LogP contribution is -2.64. The fourth-order valence-electron chi connectivity index (χ4n) is 4.49. The van der Waals surface area contributed by atoms with E-state index in [9.17, 15) is 9.59 Å². The van der Waals surface area contributed by atoms with E-state index in [-0.39, 0.29) is 18.4 Å². The standard InChI is InChI=1S/C27H25ClN4O2S/c1-17-6-4-7-19(12-17)15-29-26(34)27(3)16-31-23(14-21(30-31)24-8-5-11-35-24)25(33)32(27)22-10-9-18(2)13-20(22)28/h4-14H,15-16H2,1-3H3,(H,29,34). The molecule has 0 saturated heterocycles. The third-order valence-corrected chi connectivity index (χ3v) is 7.49. The van der Waals surface area contributed by atoms with Crippen LogP contribution in [0.2, 0.25) is 5.02 Å². The zero-order chi connectivity index (χ0) is 24.7. The van der Waals surface area contributed by atoms with Crippen LogP contribution < -0.4 is 10.2 Å². The van der Waals surface area contributed by atoms with Gasteiger partial charge >= 0.3 is 0 Å². The van der Waals surface area contributed by atoms with Crippen molar-refractivity contribution >= 4 is 40.4 Å². The van der Waals surface area contributed by atoms with Crippen LogP contribution in [-0.4, -0.2) is 27.1 Å². The number of anilines is 1. The maximum Gasteiger partial charge on any atom is 0.277 e. The lowest BCUT2D eigenvalue weighted by atomic mass is 9.93. The van der Waals surface area contributed by atoms with E-state index in [4.69, 9.17) is 11.6 Å². The fraction of sp³-hybridized carbons (Fsp3) is 0.222. The van der Waals surface area contributed by atoms with Crippen LogP contribution in [0.3, 0.4) is 0 Å². The van der Waals surface area contributed by atoms with E-state index in [2.05, 4.69) is 10.4 Å². The Morgan fingerprint density at radius 2 is 1.91 bits per heavy atom. The predicted molar refractivity (Wildman–Crippen MR) is 140 cm³/mol. The Morgan fingerprint density at radius 3 is 2.63 bits per heavy atom. The Kier molecular flexibility index (Phi) is 5.99. The fourth-order valence-corrected chi connectivity index (χ4v) is 5.49. The highest BCUT2D eigenvalue weighted by Gasteiger charge is 2.49. The minimum absolute atomic E-state index is 0.198. The Morgan fingerprint density at radius 1 is 1.11 bits per heavy atom. The summed E-state index contributed by atoms with van der Waals surface area (Å²) in [5.74, 6) is -0.590. The van der Waals surface area contributed by atoms with Crippen molar-refractivity contribution in [3.63, 3.8) is 0 Å². The second-order valence-corrected chi connectivity index (χ2v) is 10.4. The molecule has 1 aliphatic heterocycles. The number of aryl methyl sites for hydroxylation is 2. The minimum atomic E-state index is -1.24. The Bertz CT molecular complexity index is 1430. The molecule has 4 aromatic rings. The van der Waals surface area contributed by atoms with Crippen LogP contribution >= 0.6 is 22.9 Å². The first-order chi connectivity index (χ1) is 16.8. The third kappa shape index (κ3) is 4.26. The molecular weight excluding hydrogens is 480 g/mol. The van der Waals surface area contributed by atoms with E-state index in [0.717, 1.165) is 21.6 Å². The normalized spacial score (nSPS) is 17.4. The number of fused-ring (bicyclic) bond motifs is 1. The first-order valence-electron chi connectivity index (χ1n) is 11.3. The van der Waals surface area contributed by atoms with Crippen LogP contribution in [0.4, 0.5) is 5.69 Å². The van der Waals surface area contributed by atoms with Crippen molar-refractivity contribution in [1.82, 2.24) is 15.1 Å². The molecular formula is C27H25ClN4O2S. The Balaban J connectivity index is 1.56. The van der Waals surface area contributed by atoms with Crippen LogP contribution in [0.15, 0.2) is 66.0 Å². The van der Waals surface area contributed by atoms with Crippen molar-refractivity contribution in [2.24, 2.45) is 0 Å². The molecule has 6 nitrogen and oxygen atoms in total. The summed E-state index contributed by atoms with van der Waals surface area (Å²) in [7, 11) is 0. The van der Waals surface area contributed by atoms with Gasteiger partial charge < -0.3 is 5.32 Å². The average Bonchev–Trinajstić information content (AvgIpc) is 3.49. The van der Waals surface area contributed by atoms with Crippen LogP contribution in [0.1, 0.15) is 34.1 Å². The molecule has 2 amide bonds. The molecule has 3 heterocycles. The summed E-state index contributed by atoms with van der Waals surface area (Å²) in [4.78, 5) is 30.1. The molecule has 0 aliphatic carbocycles. The van der Waals surface area contributed by atoms with Gasteiger partial charge in [0.25, 0.3) is 5.91 Å². The molecule has 0 spiro atoms. The molecule has 8 heteroatoms. The van der Waals surface area contributed by atoms with Gasteiger partial charge in [-0.25, -0.2) is 0 Å². The van der Waals surface area contributed by atoms with E-state index in [1.54, 1.807) is 41.1 Å². The second-order valence-electron chi connectivity index (χ2n) is 9.09. The summed E-state index contributed by atoms with van der Waals surface area (Å²) in [5, 5.41) is 10.1. The number of halogens is 1. The molecule has 0 fully saturated rings. The minimum Gasteiger partial charge on any atom is -0.350 e. The number of carbonyl (C=O) groups is 2. The Hall–Kier alpha value is -3.42. The Labute approximate surface area is 213 Å². The molecule has 2 aromatic heterocycles. The predicted octanol–water partition coefficient (Wildman–Crippen LogP) is 5.62. The second kappa shape index (κ2) is 8.98. The molecule has 0 saturated carbocycles. The third-order valence-electron chi connectivity index (χ3n) is 6.30. The number of aromatic nitrogens is 2. The summed E-state index contributed by atoms with van der Waals surface area (Å²) in [6.45, 7) is 6.26. The van der Waals surface area contributed by atoms with Crippen molar-refractivity contribution in [2.75, 3.05) is 4.90 Å².